The van der Waals surface area contributed by atoms with Gasteiger partial charge in [0, 0.05) is 35.1 Å². The van der Waals surface area contributed by atoms with E-state index in [9.17, 15) is 0 Å². The molecule has 0 aromatic carbocycles. The Hall–Kier alpha value is 0.270. The lowest BCUT2D eigenvalue weighted by Crippen LogP contribution is -2.81. The third-order valence-electron chi connectivity index (χ3n) is 14.5. The molecular formula is C36H58NO3P. The molecule has 17 unspecified atom stereocenters. The average molecular weight is 584 g/mol. The maximum Gasteiger partial charge on any atom is 0.0746 e. The van der Waals surface area contributed by atoms with Crippen LogP contribution >= 0.6 is 7.92 Å². The lowest BCUT2D eigenvalue weighted by Gasteiger charge is -2.74. The number of hydrogen-bond donors (Lipinski definition) is 0. The van der Waals surface area contributed by atoms with E-state index in [1.165, 1.54) is 77.0 Å². The van der Waals surface area contributed by atoms with Crippen LogP contribution in [0.5, 0.6) is 0 Å². The predicted octanol–water partition coefficient (Wildman–Crippen LogP) is 7.60. The highest BCUT2D eigenvalue weighted by Crippen LogP contribution is 2.74. The van der Waals surface area contributed by atoms with E-state index in [1.807, 2.05) is 0 Å². The van der Waals surface area contributed by atoms with Gasteiger partial charge in [-0.3, -0.25) is 4.90 Å². The summed E-state index contributed by atoms with van der Waals surface area (Å²) < 4.78 is 22.4. The minimum absolute atomic E-state index is 0.168. The Balaban J connectivity index is 1.19. The van der Waals surface area contributed by atoms with Crippen LogP contribution in [0.3, 0.4) is 0 Å². The van der Waals surface area contributed by atoms with Gasteiger partial charge in [0.15, 0.2) is 0 Å². The molecule has 5 saturated carbocycles. The number of morpholine rings is 1. The zero-order valence-electron chi connectivity index (χ0n) is 26.8. The van der Waals surface area contributed by atoms with E-state index in [0.717, 1.165) is 23.5 Å². The van der Waals surface area contributed by atoms with Crippen molar-refractivity contribution in [2.75, 3.05) is 0 Å². The molecule has 9 fully saturated rings. The maximum atomic E-state index is 7.48. The summed E-state index contributed by atoms with van der Waals surface area (Å²) in [4.78, 5) is 3.24. The van der Waals surface area contributed by atoms with Gasteiger partial charge in [0.2, 0.25) is 0 Å². The largest absolute Gasteiger partial charge is 0.373 e. The zero-order chi connectivity index (χ0) is 28.0. The topological polar surface area (TPSA) is 30.9 Å². The van der Waals surface area contributed by atoms with Crippen molar-refractivity contribution in [3.05, 3.63) is 0 Å². The van der Waals surface area contributed by atoms with Crippen LogP contribution < -0.4 is 0 Å². The molecule has 230 valence electrons. The van der Waals surface area contributed by atoms with Gasteiger partial charge >= 0.3 is 0 Å². The van der Waals surface area contributed by atoms with Crippen molar-refractivity contribution in [2.24, 2.45) is 34.5 Å². The molecular weight excluding hydrogens is 525 g/mol. The van der Waals surface area contributed by atoms with E-state index in [2.05, 4.69) is 46.4 Å². The van der Waals surface area contributed by atoms with Crippen molar-refractivity contribution in [2.45, 2.75) is 190 Å². The summed E-state index contributed by atoms with van der Waals surface area (Å²) in [5.41, 5.74) is 2.67. The number of rotatable bonds is 0. The van der Waals surface area contributed by atoms with Crippen LogP contribution in [0.4, 0.5) is 0 Å². The molecule has 0 aromatic rings. The molecule has 4 saturated heterocycles. The van der Waals surface area contributed by atoms with E-state index in [0.29, 0.717) is 77.3 Å². The van der Waals surface area contributed by atoms with Gasteiger partial charge in [0.25, 0.3) is 0 Å². The Labute approximate surface area is 251 Å². The standard InChI is InChI=1S/C36H58NO3P/c1-35(2,3)21-14-15-23-32-30(21)39-25-12-9-13-26-33(25)41(32)34-29-28(18-22(31(34)40-26)36(4,5)6)38-27-17-20-11-8-7-10-19(20)16-24(27)37(23)29/h19-34H,7-18H2,1-6H3. The third kappa shape index (κ3) is 3.95. The van der Waals surface area contributed by atoms with Crippen LogP contribution in [-0.2, 0) is 14.2 Å². The quantitative estimate of drug-likeness (QED) is 0.275. The van der Waals surface area contributed by atoms with Gasteiger partial charge in [0.1, 0.15) is 0 Å². The molecule has 0 bridgehead atoms. The Morgan fingerprint density at radius 2 is 1.20 bits per heavy atom. The first-order valence-corrected chi connectivity index (χ1v) is 19.7. The van der Waals surface area contributed by atoms with Gasteiger partial charge in [-0.2, -0.15) is 0 Å². The van der Waals surface area contributed by atoms with E-state index in [1.54, 1.807) is 0 Å². The first-order chi connectivity index (χ1) is 19.6. The highest BCUT2D eigenvalue weighted by atomic mass is 31.1. The SMILES string of the molecule is CC(C)(C)C1CCC2C3C1OC1CCCC4OC5C(C6C(CC5C(C)(C)C)OC5CC7CCCCC7CC5N26)P3C14. The number of ether oxygens (including phenoxy) is 3. The van der Waals surface area contributed by atoms with Gasteiger partial charge in [-0.1, -0.05) is 75.1 Å². The smallest absolute Gasteiger partial charge is 0.0746 e. The second-order valence-corrected chi connectivity index (χ2v) is 21.1. The van der Waals surface area contributed by atoms with E-state index >= 15 is 0 Å². The molecule has 0 aromatic heterocycles. The molecule has 0 radical (unpaired) electrons. The first-order valence-electron chi connectivity index (χ1n) is 18.1. The Morgan fingerprint density at radius 1 is 0.537 bits per heavy atom. The maximum absolute atomic E-state index is 7.48. The highest BCUT2D eigenvalue weighted by Gasteiger charge is 2.72. The van der Waals surface area contributed by atoms with Crippen LogP contribution in [0.15, 0.2) is 0 Å². The van der Waals surface area contributed by atoms with Crippen LogP contribution in [-0.4, -0.2) is 76.6 Å². The number of nitrogens with zero attached hydrogens (tertiary/aromatic N) is 1. The molecule has 5 aliphatic carbocycles. The summed E-state index contributed by atoms with van der Waals surface area (Å²) in [5.74, 6) is 3.15. The van der Waals surface area contributed by atoms with Crippen LogP contribution in [0, 0.1) is 34.5 Å². The number of fused-ring (bicyclic) bond motifs is 4. The Bertz CT molecular complexity index is 1030. The average Bonchev–Trinajstić information content (AvgIpc) is 2.93. The molecule has 0 N–H and O–H groups in total. The summed E-state index contributed by atoms with van der Waals surface area (Å²) in [7, 11) is -0.168. The monoisotopic (exact) mass is 583 g/mol. The predicted molar refractivity (Wildman–Crippen MR) is 166 cm³/mol. The first kappa shape index (κ1) is 27.6. The summed E-state index contributed by atoms with van der Waals surface area (Å²) in [5, 5.41) is 0. The second-order valence-electron chi connectivity index (χ2n) is 18.4. The van der Waals surface area contributed by atoms with Gasteiger partial charge in [-0.25, -0.2) is 0 Å². The third-order valence-corrected chi connectivity index (χ3v) is 18.5. The molecule has 4 aliphatic heterocycles. The van der Waals surface area contributed by atoms with Crippen LogP contribution in [0.25, 0.3) is 0 Å². The second kappa shape index (κ2) is 9.40. The number of hydrogen-bond acceptors (Lipinski definition) is 4. The van der Waals surface area contributed by atoms with Crippen LogP contribution in [0.1, 0.15) is 119 Å². The Kier molecular flexibility index (Phi) is 6.32. The van der Waals surface area contributed by atoms with Crippen molar-refractivity contribution >= 4 is 7.92 Å². The Morgan fingerprint density at radius 3 is 1.88 bits per heavy atom. The fourth-order valence-corrected chi connectivity index (χ4v) is 18.0. The van der Waals surface area contributed by atoms with Gasteiger partial charge in [-0.15, -0.1) is 0 Å². The minimum atomic E-state index is -0.168. The molecule has 17 atom stereocenters. The van der Waals surface area contributed by atoms with Crippen LogP contribution in [0.2, 0.25) is 0 Å². The molecule has 4 nitrogen and oxygen atoms in total. The molecule has 41 heavy (non-hydrogen) atoms. The normalized spacial score (nSPS) is 57.7. The molecule has 9 aliphatic rings. The lowest BCUT2D eigenvalue weighted by molar-refractivity contribution is -0.254. The minimum Gasteiger partial charge on any atom is -0.373 e. The van der Waals surface area contributed by atoms with E-state index in [-0.39, 0.29) is 13.3 Å². The summed E-state index contributed by atoms with van der Waals surface area (Å²) in [6.45, 7) is 15.1. The van der Waals surface area contributed by atoms with Crippen molar-refractivity contribution in [3.63, 3.8) is 0 Å². The van der Waals surface area contributed by atoms with Crippen molar-refractivity contribution in [1.29, 1.82) is 0 Å². The van der Waals surface area contributed by atoms with E-state index in [4.69, 9.17) is 14.2 Å². The molecule has 4 heterocycles. The lowest BCUT2D eigenvalue weighted by atomic mass is 9.63. The molecule has 0 spiro atoms. The summed E-state index contributed by atoms with van der Waals surface area (Å²) in [6.07, 6.45) is 19.0. The summed E-state index contributed by atoms with van der Waals surface area (Å²) >= 11 is 0. The van der Waals surface area contributed by atoms with Crippen molar-refractivity contribution in [1.82, 2.24) is 4.90 Å². The van der Waals surface area contributed by atoms with Crippen molar-refractivity contribution < 1.29 is 14.2 Å². The van der Waals surface area contributed by atoms with E-state index < -0.39 is 0 Å². The molecule has 9 rings (SSSR count). The zero-order valence-corrected chi connectivity index (χ0v) is 27.7. The van der Waals surface area contributed by atoms with Crippen molar-refractivity contribution in [3.8, 4) is 0 Å². The molecule has 0 amide bonds. The van der Waals surface area contributed by atoms with Gasteiger partial charge in [0.05, 0.1) is 36.6 Å². The summed E-state index contributed by atoms with van der Waals surface area (Å²) in [6, 6.07) is 1.96. The van der Waals surface area contributed by atoms with Gasteiger partial charge < -0.3 is 14.2 Å². The fraction of sp³-hybridized carbons (Fsp3) is 1.00. The molecule has 5 heteroatoms. The van der Waals surface area contributed by atoms with Gasteiger partial charge in [-0.05, 0) is 85.9 Å². The fourth-order valence-electron chi connectivity index (χ4n) is 13.0. The highest BCUT2D eigenvalue weighted by molar-refractivity contribution is 7.60.